The third-order valence-electron chi connectivity index (χ3n) is 5.42. The monoisotopic (exact) mass is 437 g/mol. The Morgan fingerprint density at radius 1 is 1.03 bits per heavy atom. The van der Waals surface area contributed by atoms with Gasteiger partial charge in [-0.25, -0.2) is 9.78 Å². The maximum absolute atomic E-state index is 13.3. The molecule has 0 spiro atoms. The molecule has 0 aliphatic carbocycles. The Balaban J connectivity index is 2.03. The smallest absolute Gasteiger partial charge is 0.338 e. The maximum atomic E-state index is 13.3. The number of para-hydroxylation sites is 2. The van der Waals surface area contributed by atoms with Gasteiger partial charge in [-0.3, -0.25) is 4.57 Å². The van der Waals surface area contributed by atoms with Gasteiger partial charge >= 0.3 is 5.97 Å². The molecule has 3 aromatic rings. The van der Waals surface area contributed by atoms with Gasteiger partial charge in [-0.2, -0.15) is 0 Å². The van der Waals surface area contributed by atoms with Crippen LogP contribution in [0.2, 0.25) is 0 Å². The number of carbonyl (C=O) groups excluding carboxylic acids is 1. The number of nitrogens with one attached hydrogen (secondary N) is 1. The molecule has 4 rings (SSSR count). The van der Waals surface area contributed by atoms with Gasteiger partial charge < -0.3 is 24.3 Å². The summed E-state index contributed by atoms with van der Waals surface area (Å²) in [5, 5.41) is 3.28. The number of carbonyl (C=O) groups is 1. The van der Waals surface area contributed by atoms with Gasteiger partial charge in [-0.1, -0.05) is 12.1 Å². The molecule has 0 amide bonds. The third kappa shape index (κ3) is 3.51. The zero-order valence-electron chi connectivity index (χ0n) is 19.1. The summed E-state index contributed by atoms with van der Waals surface area (Å²) in [6.45, 7) is 5.50. The highest BCUT2D eigenvalue weighted by Gasteiger charge is 2.37. The van der Waals surface area contributed by atoms with Crippen molar-refractivity contribution in [3.05, 3.63) is 53.2 Å². The third-order valence-corrected chi connectivity index (χ3v) is 5.42. The van der Waals surface area contributed by atoms with Crippen LogP contribution in [0.1, 0.15) is 32.4 Å². The molecule has 0 bridgehead atoms. The molecule has 1 aliphatic rings. The highest BCUT2D eigenvalue weighted by atomic mass is 16.5. The lowest BCUT2D eigenvalue weighted by Gasteiger charge is -2.31. The van der Waals surface area contributed by atoms with Crippen LogP contribution in [0, 0.1) is 0 Å². The number of aromatic nitrogens is 2. The van der Waals surface area contributed by atoms with E-state index in [0.717, 1.165) is 16.6 Å². The van der Waals surface area contributed by atoms with Crippen LogP contribution in [-0.4, -0.2) is 43.0 Å². The normalized spacial score (nSPS) is 15.4. The molecule has 0 fully saturated rings. The summed E-state index contributed by atoms with van der Waals surface area (Å²) >= 11 is 0. The number of imidazole rings is 1. The second-order valence-electron chi connectivity index (χ2n) is 7.76. The van der Waals surface area contributed by atoms with Crippen LogP contribution in [0.15, 0.2) is 47.7 Å². The van der Waals surface area contributed by atoms with E-state index in [2.05, 4.69) is 5.32 Å². The van der Waals surface area contributed by atoms with Gasteiger partial charge in [-0.15, -0.1) is 0 Å². The number of hydrogen-bond acceptors (Lipinski definition) is 7. The summed E-state index contributed by atoms with van der Waals surface area (Å²) in [7, 11) is 4.73. The maximum Gasteiger partial charge on any atom is 0.338 e. The largest absolute Gasteiger partial charge is 0.496 e. The van der Waals surface area contributed by atoms with Gasteiger partial charge in [0.1, 0.15) is 5.75 Å². The van der Waals surface area contributed by atoms with E-state index in [1.54, 1.807) is 27.4 Å². The molecule has 8 heteroatoms. The molecule has 32 heavy (non-hydrogen) atoms. The first-order valence-corrected chi connectivity index (χ1v) is 10.3. The van der Waals surface area contributed by atoms with E-state index in [9.17, 15) is 4.79 Å². The molecular weight excluding hydrogens is 410 g/mol. The Hall–Kier alpha value is -3.68. The molecule has 0 saturated carbocycles. The molecular formula is C24H27N3O5. The summed E-state index contributed by atoms with van der Waals surface area (Å²) in [5.41, 5.74) is 3.55. The minimum atomic E-state index is -0.556. The quantitative estimate of drug-likeness (QED) is 0.576. The molecule has 1 N–H and O–H groups in total. The molecule has 168 valence electrons. The molecule has 2 heterocycles. The van der Waals surface area contributed by atoms with Gasteiger partial charge in [0.25, 0.3) is 0 Å². The van der Waals surface area contributed by atoms with Crippen LogP contribution in [0.5, 0.6) is 17.2 Å². The number of hydrogen-bond donors (Lipinski definition) is 1. The standard InChI is InChI=1S/C24H27N3O5/c1-13(2)32-23(28)21-14(3)25-24-26-16-9-7-8-10-17(16)27(24)22(21)15-11-19(30-5)20(31-6)12-18(15)29-4/h7-13,22H,1-6H3,(H,25,26)/t22-/m0/s1. The van der Waals surface area contributed by atoms with E-state index in [1.807, 2.05) is 55.7 Å². The molecule has 2 aromatic carbocycles. The van der Waals surface area contributed by atoms with Crippen molar-refractivity contribution in [2.24, 2.45) is 0 Å². The average molecular weight is 437 g/mol. The topological polar surface area (TPSA) is 83.8 Å². The van der Waals surface area contributed by atoms with E-state index in [0.29, 0.717) is 34.5 Å². The molecule has 0 radical (unpaired) electrons. The first kappa shape index (κ1) is 21.5. The number of nitrogens with zero attached hydrogens (tertiary/aromatic N) is 2. The van der Waals surface area contributed by atoms with Crippen LogP contribution in [0.25, 0.3) is 11.0 Å². The van der Waals surface area contributed by atoms with Crippen molar-refractivity contribution in [2.75, 3.05) is 26.6 Å². The molecule has 0 unspecified atom stereocenters. The predicted molar refractivity (Wildman–Crippen MR) is 122 cm³/mol. The van der Waals surface area contributed by atoms with Crippen LogP contribution in [0.3, 0.4) is 0 Å². The Morgan fingerprint density at radius 2 is 1.69 bits per heavy atom. The molecule has 1 aromatic heterocycles. The number of rotatable bonds is 6. The minimum Gasteiger partial charge on any atom is -0.496 e. The van der Waals surface area contributed by atoms with E-state index in [4.69, 9.17) is 23.9 Å². The van der Waals surface area contributed by atoms with Gasteiger partial charge in [0.2, 0.25) is 5.95 Å². The SMILES string of the molecule is COc1cc(OC)c([C@H]2C(C(=O)OC(C)C)=C(C)Nc3nc4ccccc4n32)cc1OC. The van der Waals surface area contributed by atoms with E-state index < -0.39 is 12.0 Å². The van der Waals surface area contributed by atoms with Crippen LogP contribution >= 0.6 is 0 Å². The lowest BCUT2D eigenvalue weighted by molar-refractivity contribution is -0.143. The summed E-state index contributed by atoms with van der Waals surface area (Å²) < 4.78 is 24.3. The van der Waals surface area contributed by atoms with Gasteiger partial charge in [0, 0.05) is 17.3 Å². The van der Waals surface area contributed by atoms with Crippen molar-refractivity contribution in [1.82, 2.24) is 9.55 Å². The zero-order valence-corrected chi connectivity index (χ0v) is 19.1. The predicted octanol–water partition coefficient (Wildman–Crippen LogP) is 4.30. The fourth-order valence-corrected chi connectivity index (χ4v) is 4.07. The van der Waals surface area contributed by atoms with Crippen molar-refractivity contribution in [2.45, 2.75) is 32.9 Å². The average Bonchev–Trinajstić information content (AvgIpc) is 3.14. The fraction of sp³-hybridized carbons (Fsp3) is 0.333. The highest BCUT2D eigenvalue weighted by molar-refractivity contribution is 5.94. The molecule has 1 aliphatic heterocycles. The van der Waals surface area contributed by atoms with Gasteiger partial charge in [0.05, 0.1) is 50.1 Å². The Morgan fingerprint density at radius 3 is 2.34 bits per heavy atom. The first-order chi connectivity index (χ1) is 15.4. The number of benzene rings is 2. The number of ether oxygens (including phenoxy) is 4. The van der Waals surface area contributed by atoms with E-state index in [-0.39, 0.29) is 6.10 Å². The van der Waals surface area contributed by atoms with E-state index >= 15 is 0 Å². The molecule has 1 atom stereocenters. The van der Waals surface area contributed by atoms with Crippen LogP contribution in [0.4, 0.5) is 5.95 Å². The summed E-state index contributed by atoms with van der Waals surface area (Å²) in [6.07, 6.45) is -0.267. The number of esters is 1. The van der Waals surface area contributed by atoms with Crippen LogP contribution in [-0.2, 0) is 9.53 Å². The minimum absolute atomic E-state index is 0.267. The lowest BCUT2D eigenvalue weighted by Crippen LogP contribution is -2.30. The first-order valence-electron chi connectivity index (χ1n) is 10.3. The van der Waals surface area contributed by atoms with Crippen molar-refractivity contribution in [1.29, 1.82) is 0 Å². The number of allylic oxidation sites excluding steroid dienone is 1. The van der Waals surface area contributed by atoms with Gasteiger partial charge in [-0.05, 0) is 39.0 Å². The molecule has 8 nitrogen and oxygen atoms in total. The van der Waals surface area contributed by atoms with Crippen molar-refractivity contribution in [3.63, 3.8) is 0 Å². The lowest BCUT2D eigenvalue weighted by atomic mass is 9.93. The second kappa shape index (κ2) is 8.45. The Labute approximate surface area is 186 Å². The van der Waals surface area contributed by atoms with Crippen molar-refractivity contribution >= 4 is 23.0 Å². The molecule has 0 saturated heterocycles. The second-order valence-corrected chi connectivity index (χ2v) is 7.76. The highest BCUT2D eigenvalue weighted by Crippen LogP contribution is 2.46. The fourth-order valence-electron chi connectivity index (χ4n) is 4.07. The summed E-state index contributed by atoms with van der Waals surface area (Å²) in [4.78, 5) is 18.0. The summed E-state index contributed by atoms with van der Waals surface area (Å²) in [5.74, 6) is 1.84. The van der Waals surface area contributed by atoms with Gasteiger partial charge in [0.15, 0.2) is 11.5 Å². The Kier molecular flexibility index (Phi) is 5.69. The van der Waals surface area contributed by atoms with Crippen molar-refractivity contribution < 1.29 is 23.7 Å². The van der Waals surface area contributed by atoms with Crippen molar-refractivity contribution in [3.8, 4) is 17.2 Å². The van der Waals surface area contributed by atoms with E-state index in [1.165, 1.54) is 0 Å². The van der Waals surface area contributed by atoms with Crippen LogP contribution < -0.4 is 19.5 Å². The number of anilines is 1. The number of methoxy groups -OCH3 is 3. The Bertz CT molecular complexity index is 1210. The zero-order chi connectivity index (χ0) is 23.0. The summed E-state index contributed by atoms with van der Waals surface area (Å²) in [6, 6.07) is 10.8. The number of fused-ring (bicyclic) bond motifs is 3.